The largest absolute Gasteiger partial charge is 0.490 e. The molecule has 1 fully saturated rings. The first-order valence-electron chi connectivity index (χ1n) is 5.22. The maximum absolute atomic E-state index is 11.6. The van der Waals surface area contributed by atoms with Crippen molar-refractivity contribution in [3.05, 3.63) is 11.8 Å². The molecule has 0 spiro atoms. The van der Waals surface area contributed by atoms with E-state index in [1.165, 1.54) is 25.7 Å². The molecule has 1 aliphatic carbocycles. The topological polar surface area (TPSA) is 26.3 Å². The molecule has 2 aliphatic rings. The summed E-state index contributed by atoms with van der Waals surface area (Å²) in [5.74, 6) is 1.49. The SMILES string of the molecule is O=C(CC1CCCC1)C1=CCCO1. The first-order chi connectivity index (χ1) is 6.36. The average molecular weight is 180 g/mol. The highest BCUT2D eigenvalue weighted by Gasteiger charge is 2.22. The van der Waals surface area contributed by atoms with Crippen LogP contribution in [0.2, 0.25) is 0 Å². The Labute approximate surface area is 79.0 Å². The number of carbonyl (C=O) groups excluding carboxylic acids is 1. The Kier molecular flexibility index (Phi) is 2.67. The molecular formula is C11H16O2. The van der Waals surface area contributed by atoms with Gasteiger partial charge in [0, 0.05) is 12.8 Å². The molecule has 2 rings (SSSR count). The summed E-state index contributed by atoms with van der Waals surface area (Å²) in [5.41, 5.74) is 0. The molecule has 0 atom stereocenters. The molecule has 0 saturated heterocycles. The monoisotopic (exact) mass is 180 g/mol. The number of ketones is 1. The maximum atomic E-state index is 11.6. The van der Waals surface area contributed by atoms with Crippen molar-refractivity contribution < 1.29 is 9.53 Å². The third-order valence-corrected chi connectivity index (χ3v) is 2.93. The molecule has 1 aliphatic heterocycles. The van der Waals surface area contributed by atoms with E-state index in [0.29, 0.717) is 24.7 Å². The average Bonchev–Trinajstić information content (AvgIpc) is 2.74. The first kappa shape index (κ1) is 8.79. The van der Waals surface area contributed by atoms with Crippen LogP contribution in [0.4, 0.5) is 0 Å². The minimum atomic E-state index is 0.226. The molecule has 0 unspecified atom stereocenters. The van der Waals surface area contributed by atoms with E-state index in [-0.39, 0.29) is 5.78 Å². The molecule has 0 radical (unpaired) electrons. The summed E-state index contributed by atoms with van der Waals surface area (Å²) in [6.07, 6.45) is 8.63. The summed E-state index contributed by atoms with van der Waals surface area (Å²) >= 11 is 0. The number of carbonyl (C=O) groups is 1. The molecule has 0 bridgehead atoms. The fraction of sp³-hybridized carbons (Fsp3) is 0.727. The summed E-state index contributed by atoms with van der Waals surface area (Å²) in [6.45, 7) is 0.700. The van der Waals surface area contributed by atoms with Crippen LogP contribution >= 0.6 is 0 Å². The molecule has 0 aromatic rings. The summed E-state index contributed by atoms with van der Waals surface area (Å²) in [6, 6.07) is 0. The van der Waals surface area contributed by atoms with Crippen molar-refractivity contribution in [1.82, 2.24) is 0 Å². The van der Waals surface area contributed by atoms with Crippen LogP contribution in [-0.2, 0) is 9.53 Å². The van der Waals surface area contributed by atoms with E-state index < -0.39 is 0 Å². The second kappa shape index (κ2) is 3.95. The van der Waals surface area contributed by atoms with Crippen molar-refractivity contribution in [2.24, 2.45) is 5.92 Å². The fourth-order valence-electron chi connectivity index (χ4n) is 2.19. The first-order valence-corrected chi connectivity index (χ1v) is 5.22. The second-order valence-electron chi connectivity index (χ2n) is 3.98. The molecule has 72 valence electrons. The van der Waals surface area contributed by atoms with Crippen molar-refractivity contribution in [1.29, 1.82) is 0 Å². The van der Waals surface area contributed by atoms with Gasteiger partial charge in [0.05, 0.1) is 6.61 Å². The van der Waals surface area contributed by atoms with E-state index in [9.17, 15) is 4.79 Å². The Morgan fingerprint density at radius 3 is 2.85 bits per heavy atom. The molecule has 0 amide bonds. The van der Waals surface area contributed by atoms with Crippen LogP contribution in [0.3, 0.4) is 0 Å². The van der Waals surface area contributed by atoms with Gasteiger partial charge in [0.1, 0.15) is 0 Å². The third kappa shape index (κ3) is 2.11. The molecule has 13 heavy (non-hydrogen) atoms. The van der Waals surface area contributed by atoms with E-state index in [0.717, 1.165) is 6.42 Å². The Morgan fingerprint density at radius 1 is 1.46 bits per heavy atom. The van der Waals surface area contributed by atoms with Gasteiger partial charge in [-0.2, -0.15) is 0 Å². The van der Waals surface area contributed by atoms with Gasteiger partial charge in [0.15, 0.2) is 11.5 Å². The van der Waals surface area contributed by atoms with Gasteiger partial charge in [0.2, 0.25) is 0 Å². The van der Waals surface area contributed by atoms with Crippen LogP contribution < -0.4 is 0 Å². The zero-order valence-corrected chi connectivity index (χ0v) is 7.92. The highest BCUT2D eigenvalue weighted by atomic mass is 16.5. The Balaban J connectivity index is 1.83. The minimum absolute atomic E-state index is 0.226. The number of ether oxygens (including phenoxy) is 1. The predicted octanol–water partition coefficient (Wildman–Crippen LogP) is 2.44. The summed E-state index contributed by atoms with van der Waals surface area (Å²) < 4.78 is 5.24. The van der Waals surface area contributed by atoms with E-state index >= 15 is 0 Å². The predicted molar refractivity (Wildman–Crippen MR) is 50.2 cm³/mol. The summed E-state index contributed by atoms with van der Waals surface area (Å²) in [4.78, 5) is 11.6. The van der Waals surface area contributed by atoms with Crippen LogP contribution in [0, 0.1) is 5.92 Å². The van der Waals surface area contributed by atoms with Gasteiger partial charge in [0.25, 0.3) is 0 Å². The lowest BCUT2D eigenvalue weighted by Gasteiger charge is -2.07. The van der Waals surface area contributed by atoms with E-state index in [1.54, 1.807) is 0 Å². The van der Waals surface area contributed by atoms with Crippen molar-refractivity contribution in [2.75, 3.05) is 6.61 Å². The van der Waals surface area contributed by atoms with Crippen molar-refractivity contribution in [3.8, 4) is 0 Å². The zero-order valence-electron chi connectivity index (χ0n) is 7.92. The number of rotatable bonds is 3. The number of allylic oxidation sites excluding steroid dienone is 1. The number of Topliss-reactive ketones (excluding diaryl/α,β-unsaturated/α-hetero) is 1. The summed E-state index contributed by atoms with van der Waals surface area (Å²) in [5, 5.41) is 0. The molecule has 1 saturated carbocycles. The summed E-state index contributed by atoms with van der Waals surface area (Å²) in [7, 11) is 0. The van der Waals surface area contributed by atoms with Crippen molar-refractivity contribution in [2.45, 2.75) is 38.5 Å². The van der Waals surface area contributed by atoms with Gasteiger partial charge in [-0.25, -0.2) is 0 Å². The van der Waals surface area contributed by atoms with Crippen LogP contribution in [0.1, 0.15) is 38.5 Å². The number of hydrogen-bond donors (Lipinski definition) is 0. The smallest absolute Gasteiger partial charge is 0.197 e. The number of hydrogen-bond acceptors (Lipinski definition) is 2. The van der Waals surface area contributed by atoms with Gasteiger partial charge in [-0.05, 0) is 12.0 Å². The van der Waals surface area contributed by atoms with Crippen LogP contribution in [0.15, 0.2) is 11.8 Å². The molecule has 0 aromatic heterocycles. The van der Waals surface area contributed by atoms with Gasteiger partial charge < -0.3 is 4.74 Å². The molecular weight excluding hydrogens is 164 g/mol. The zero-order chi connectivity index (χ0) is 9.10. The van der Waals surface area contributed by atoms with Crippen LogP contribution in [-0.4, -0.2) is 12.4 Å². The molecule has 0 N–H and O–H groups in total. The minimum Gasteiger partial charge on any atom is -0.490 e. The van der Waals surface area contributed by atoms with Gasteiger partial charge >= 0.3 is 0 Å². The molecule has 1 heterocycles. The third-order valence-electron chi connectivity index (χ3n) is 2.93. The van der Waals surface area contributed by atoms with E-state index in [1.807, 2.05) is 6.08 Å². The van der Waals surface area contributed by atoms with Gasteiger partial charge in [-0.15, -0.1) is 0 Å². The lowest BCUT2D eigenvalue weighted by atomic mass is 10.0. The van der Waals surface area contributed by atoms with Gasteiger partial charge in [-0.3, -0.25) is 4.79 Å². The Bertz CT molecular complexity index is 224. The van der Waals surface area contributed by atoms with Crippen LogP contribution in [0.5, 0.6) is 0 Å². The second-order valence-corrected chi connectivity index (χ2v) is 3.98. The normalized spacial score (nSPS) is 22.9. The Hall–Kier alpha value is -0.790. The van der Waals surface area contributed by atoms with Crippen molar-refractivity contribution in [3.63, 3.8) is 0 Å². The standard InChI is InChI=1S/C11H16O2/c12-10(11-6-3-7-13-11)8-9-4-1-2-5-9/h6,9H,1-5,7-8H2. The quantitative estimate of drug-likeness (QED) is 0.666. The molecule has 0 aromatic carbocycles. The molecule has 2 nitrogen and oxygen atoms in total. The fourth-order valence-corrected chi connectivity index (χ4v) is 2.19. The van der Waals surface area contributed by atoms with E-state index in [2.05, 4.69) is 0 Å². The maximum Gasteiger partial charge on any atom is 0.197 e. The van der Waals surface area contributed by atoms with Crippen molar-refractivity contribution >= 4 is 5.78 Å². The van der Waals surface area contributed by atoms with Crippen LogP contribution in [0.25, 0.3) is 0 Å². The highest BCUT2D eigenvalue weighted by molar-refractivity contribution is 5.93. The highest BCUT2D eigenvalue weighted by Crippen LogP contribution is 2.29. The van der Waals surface area contributed by atoms with Gasteiger partial charge in [-0.1, -0.05) is 25.7 Å². The van der Waals surface area contributed by atoms with E-state index in [4.69, 9.17) is 4.74 Å². The Morgan fingerprint density at radius 2 is 2.23 bits per heavy atom. The molecule has 2 heteroatoms. The lowest BCUT2D eigenvalue weighted by molar-refractivity contribution is -0.119. The lowest BCUT2D eigenvalue weighted by Crippen LogP contribution is -2.08.